The van der Waals surface area contributed by atoms with Crippen LogP contribution in [0.5, 0.6) is 0 Å². The van der Waals surface area contributed by atoms with Gasteiger partial charge in [0.2, 0.25) is 5.91 Å². The number of nitrogens with one attached hydrogen (secondary N) is 1. The fourth-order valence-electron chi connectivity index (χ4n) is 8.51. The standard InChI is InChI=1S/C66H117N2O6P/c1-6-8-10-12-14-16-18-20-22-24-25-26-27-28-29-30-31-32-33-34-35-36-37-38-39-40-41-42-43-44-46-48-50-52-54-56-58-60-66(70)67-64(63-74-75(71,72)73-62-61-68(3,4)5)65(69)59-57-55-53-51-49-47-45-23-21-19-17-15-13-11-9-7-2/h8,10,14,16,20,22,25-26,28-29,31-32,34-35,37-38,40-41,64-65,69H,6-7,9,11-13,15,17-19,21,23-24,27,30,33,36,39,42-63H2,1-5H3,(H-,67,70,71,72)/p+1/b10-8-,16-14-,22-20-,26-25-,29-28-,32-31-,35-34-,38-37-,41-40-. The molecule has 0 aromatic heterocycles. The van der Waals surface area contributed by atoms with Gasteiger partial charge in [-0.3, -0.25) is 13.8 Å². The summed E-state index contributed by atoms with van der Waals surface area (Å²) in [4.78, 5) is 23.4. The lowest BCUT2D eigenvalue weighted by molar-refractivity contribution is -0.870. The van der Waals surface area contributed by atoms with Gasteiger partial charge < -0.3 is 19.8 Å². The van der Waals surface area contributed by atoms with Gasteiger partial charge in [-0.2, -0.15) is 0 Å². The number of quaternary nitrogens is 1. The molecule has 0 aromatic rings. The van der Waals surface area contributed by atoms with Gasteiger partial charge in [-0.25, -0.2) is 4.57 Å². The van der Waals surface area contributed by atoms with Gasteiger partial charge >= 0.3 is 7.82 Å². The molecule has 0 aliphatic heterocycles. The quantitative estimate of drug-likeness (QED) is 0.0243. The molecule has 0 bridgehead atoms. The number of likely N-dealkylation sites (N-methyl/N-ethyl adjacent to an activating group) is 1. The minimum absolute atomic E-state index is 0.0689. The molecule has 0 aliphatic rings. The van der Waals surface area contributed by atoms with Crippen molar-refractivity contribution in [2.24, 2.45) is 0 Å². The Morgan fingerprint density at radius 1 is 0.467 bits per heavy atom. The Bertz CT molecular complexity index is 1590. The van der Waals surface area contributed by atoms with E-state index in [0.717, 1.165) is 103 Å². The Labute approximate surface area is 463 Å². The highest BCUT2D eigenvalue weighted by molar-refractivity contribution is 7.47. The summed E-state index contributed by atoms with van der Waals surface area (Å²) in [6.07, 6.45) is 81.5. The summed E-state index contributed by atoms with van der Waals surface area (Å²) in [6, 6.07) is -0.771. The number of phosphoric acid groups is 1. The highest BCUT2D eigenvalue weighted by Gasteiger charge is 2.28. The first-order chi connectivity index (χ1) is 36.5. The molecule has 0 rings (SSSR count). The van der Waals surface area contributed by atoms with Crippen LogP contribution in [-0.4, -0.2) is 73.4 Å². The average molecular weight is 1070 g/mol. The number of unbranched alkanes of at least 4 members (excludes halogenated alkanes) is 24. The molecule has 0 aromatic carbocycles. The molecule has 0 heterocycles. The van der Waals surface area contributed by atoms with E-state index >= 15 is 0 Å². The zero-order valence-electron chi connectivity index (χ0n) is 49.3. The highest BCUT2D eigenvalue weighted by Crippen LogP contribution is 2.43. The van der Waals surface area contributed by atoms with Gasteiger partial charge in [-0.05, 0) is 83.5 Å². The van der Waals surface area contributed by atoms with Crippen molar-refractivity contribution in [3.05, 3.63) is 109 Å². The average Bonchev–Trinajstić information content (AvgIpc) is 3.37. The predicted molar refractivity (Wildman–Crippen MR) is 327 cm³/mol. The van der Waals surface area contributed by atoms with Crippen LogP contribution in [0.15, 0.2) is 109 Å². The lowest BCUT2D eigenvalue weighted by atomic mass is 10.0. The van der Waals surface area contributed by atoms with Crippen molar-refractivity contribution in [2.45, 2.75) is 264 Å². The van der Waals surface area contributed by atoms with Gasteiger partial charge in [0.05, 0.1) is 39.9 Å². The van der Waals surface area contributed by atoms with Crippen LogP contribution < -0.4 is 5.32 Å². The van der Waals surface area contributed by atoms with Crippen molar-refractivity contribution in [1.29, 1.82) is 0 Å². The summed E-state index contributed by atoms with van der Waals surface area (Å²) in [5, 5.41) is 14.1. The Kier molecular flexibility index (Phi) is 53.8. The Morgan fingerprint density at radius 3 is 1.17 bits per heavy atom. The third-order valence-electron chi connectivity index (χ3n) is 13.3. The molecule has 0 radical (unpaired) electrons. The number of hydrogen-bond acceptors (Lipinski definition) is 5. The molecule has 8 nitrogen and oxygen atoms in total. The van der Waals surface area contributed by atoms with Gasteiger partial charge in [-0.15, -0.1) is 0 Å². The van der Waals surface area contributed by atoms with Crippen LogP contribution in [0.2, 0.25) is 0 Å². The first-order valence-electron chi connectivity index (χ1n) is 30.8. The van der Waals surface area contributed by atoms with Gasteiger partial charge in [0.15, 0.2) is 0 Å². The first kappa shape index (κ1) is 72.2. The molecule has 3 atom stereocenters. The SMILES string of the molecule is CC/C=C\C/C=C\C/C=C\C/C=C\C/C=C\C/C=C\C/C=C\C/C=C\C/C=C\CCCCCCCCCCCC(=O)NC(COP(=O)(O)OCC[N+](C)(C)C)C(O)CCCCCCCCCCCCCCCCCC. The van der Waals surface area contributed by atoms with Crippen LogP contribution in [0.3, 0.4) is 0 Å². The molecular weight excluding hydrogens is 948 g/mol. The Hall–Kier alpha value is -2.84. The van der Waals surface area contributed by atoms with Gasteiger partial charge in [0, 0.05) is 6.42 Å². The van der Waals surface area contributed by atoms with E-state index in [9.17, 15) is 19.4 Å². The predicted octanol–water partition coefficient (Wildman–Crippen LogP) is 19.2. The number of aliphatic hydroxyl groups is 1. The second kappa shape index (κ2) is 55.9. The summed E-state index contributed by atoms with van der Waals surface area (Å²) in [5.41, 5.74) is 0. The zero-order chi connectivity index (χ0) is 54.9. The van der Waals surface area contributed by atoms with Crippen molar-refractivity contribution in [1.82, 2.24) is 5.32 Å². The van der Waals surface area contributed by atoms with Crippen LogP contribution in [0.25, 0.3) is 0 Å². The zero-order valence-corrected chi connectivity index (χ0v) is 50.1. The minimum Gasteiger partial charge on any atom is -0.391 e. The topological polar surface area (TPSA) is 105 Å². The number of rotatable bonds is 55. The van der Waals surface area contributed by atoms with Crippen LogP contribution in [-0.2, 0) is 18.4 Å². The monoisotopic (exact) mass is 1070 g/mol. The molecule has 0 saturated carbocycles. The molecule has 3 N–H and O–H groups in total. The molecule has 0 spiro atoms. The van der Waals surface area contributed by atoms with Gasteiger partial charge in [0.25, 0.3) is 0 Å². The maximum atomic E-state index is 13.0. The molecule has 1 amide bonds. The van der Waals surface area contributed by atoms with Crippen LogP contribution in [0, 0.1) is 0 Å². The maximum absolute atomic E-state index is 13.0. The highest BCUT2D eigenvalue weighted by atomic mass is 31.2. The summed E-state index contributed by atoms with van der Waals surface area (Å²) in [6.45, 7) is 4.77. The second-order valence-electron chi connectivity index (χ2n) is 21.7. The second-order valence-corrected chi connectivity index (χ2v) is 23.2. The third kappa shape index (κ3) is 58.7. The fourth-order valence-corrected chi connectivity index (χ4v) is 9.25. The summed E-state index contributed by atoms with van der Waals surface area (Å²) in [7, 11) is 1.60. The largest absolute Gasteiger partial charge is 0.472 e. The number of phosphoric ester groups is 1. The minimum atomic E-state index is -4.33. The Balaban J connectivity index is 4.12. The first-order valence-corrected chi connectivity index (χ1v) is 32.2. The van der Waals surface area contributed by atoms with Crippen molar-refractivity contribution < 1.29 is 32.9 Å². The number of aliphatic hydroxyl groups excluding tert-OH is 1. The van der Waals surface area contributed by atoms with Crippen LogP contribution >= 0.6 is 7.82 Å². The van der Waals surface area contributed by atoms with Gasteiger partial charge in [0.1, 0.15) is 13.2 Å². The molecule has 0 aliphatic carbocycles. The van der Waals surface area contributed by atoms with Crippen LogP contribution in [0.4, 0.5) is 0 Å². The lowest BCUT2D eigenvalue weighted by Gasteiger charge is -2.26. The van der Waals surface area contributed by atoms with E-state index in [4.69, 9.17) is 9.05 Å². The lowest BCUT2D eigenvalue weighted by Crippen LogP contribution is -2.46. The Morgan fingerprint density at radius 2 is 0.800 bits per heavy atom. The molecule has 432 valence electrons. The summed E-state index contributed by atoms with van der Waals surface area (Å²) in [5.74, 6) is -0.154. The third-order valence-corrected chi connectivity index (χ3v) is 14.3. The van der Waals surface area contributed by atoms with Crippen molar-refractivity contribution in [3.8, 4) is 0 Å². The number of allylic oxidation sites excluding steroid dienone is 18. The molecule has 3 unspecified atom stereocenters. The van der Waals surface area contributed by atoms with E-state index in [1.807, 2.05) is 21.1 Å². The summed E-state index contributed by atoms with van der Waals surface area (Å²) < 4.78 is 23.8. The molecule has 9 heteroatoms. The molecule has 75 heavy (non-hydrogen) atoms. The van der Waals surface area contributed by atoms with Crippen molar-refractivity contribution in [3.63, 3.8) is 0 Å². The maximum Gasteiger partial charge on any atom is 0.472 e. The molecule has 0 saturated heterocycles. The number of carbonyl (C=O) groups is 1. The fraction of sp³-hybridized carbons (Fsp3) is 0.712. The van der Waals surface area contributed by atoms with E-state index in [0.29, 0.717) is 23.9 Å². The van der Waals surface area contributed by atoms with Gasteiger partial charge in [-0.1, -0.05) is 271 Å². The number of carbonyl (C=O) groups excluding carboxylic acids is 1. The van der Waals surface area contributed by atoms with Crippen LogP contribution in [0.1, 0.15) is 251 Å². The normalized spacial score (nSPS) is 14.6. The number of amides is 1. The molecule has 0 fully saturated rings. The number of nitrogens with zero attached hydrogens (tertiary/aromatic N) is 1. The van der Waals surface area contributed by atoms with E-state index in [-0.39, 0.29) is 19.1 Å². The van der Waals surface area contributed by atoms with Crippen molar-refractivity contribution in [2.75, 3.05) is 40.9 Å². The van der Waals surface area contributed by atoms with E-state index in [2.05, 4.69) is 129 Å². The van der Waals surface area contributed by atoms with E-state index in [1.54, 1.807) is 0 Å². The smallest absolute Gasteiger partial charge is 0.391 e. The van der Waals surface area contributed by atoms with Crippen molar-refractivity contribution >= 4 is 13.7 Å². The van der Waals surface area contributed by atoms with E-state index in [1.165, 1.54) is 122 Å². The summed E-state index contributed by atoms with van der Waals surface area (Å²) >= 11 is 0. The van der Waals surface area contributed by atoms with E-state index < -0.39 is 20.0 Å². The number of hydrogen-bond donors (Lipinski definition) is 3. The molecular formula is C66H118N2O6P+.